The van der Waals surface area contributed by atoms with Crippen LogP contribution in [0.4, 0.5) is 0 Å². The van der Waals surface area contributed by atoms with Gasteiger partial charge in [-0.2, -0.15) is 0 Å². The third-order valence-electron chi connectivity index (χ3n) is 10.9. The number of ether oxygens (including phenoxy) is 2. The van der Waals surface area contributed by atoms with Gasteiger partial charge in [0.15, 0.2) is 0 Å². The molecule has 57 heavy (non-hydrogen) atoms. The number of nitrogens with zero attached hydrogens (tertiary/aromatic N) is 3. The first-order chi connectivity index (χ1) is 27.7. The molecule has 0 saturated carbocycles. The van der Waals surface area contributed by atoms with E-state index in [0.717, 1.165) is 53.4 Å². The van der Waals surface area contributed by atoms with Crippen molar-refractivity contribution < 1.29 is 33.8 Å². The van der Waals surface area contributed by atoms with Crippen LogP contribution in [0, 0.1) is 5.92 Å². The lowest BCUT2D eigenvalue weighted by atomic mass is 9.88. The molecular formula is C45H44N5O7+. The number of allylic oxidation sites excluding steroid dienone is 1. The number of carbonyl (C=O) groups excluding carboxylic acids is 4. The maximum absolute atomic E-state index is 13.2. The molecule has 12 nitrogen and oxygen atoms in total. The number of nitrogens with one attached hydrogen (secondary N) is 2. The molecule has 8 rings (SSSR count). The summed E-state index contributed by atoms with van der Waals surface area (Å²) in [6, 6.07) is 30.0. The molecule has 2 atom stereocenters. The lowest BCUT2D eigenvalue weighted by Crippen LogP contribution is -2.54. The van der Waals surface area contributed by atoms with Crippen molar-refractivity contribution in [2.75, 3.05) is 39.4 Å². The second kappa shape index (κ2) is 16.5. The Morgan fingerprint density at radius 3 is 2.26 bits per heavy atom. The van der Waals surface area contributed by atoms with Gasteiger partial charge in [-0.3, -0.25) is 39.6 Å². The SMILES string of the molecule is CC/C(=C(\c1ccc(O)cc1)c1ccc(OCCN2CC(COC3C=[N+]=C(c4ccc5c(c4)C(=O)N(C4CCC(=O)NC4=O)C5=O)CN3)C2)cc1)c1ccccc1. The molecule has 4 aromatic rings. The number of rotatable bonds is 13. The van der Waals surface area contributed by atoms with Gasteiger partial charge in [0.2, 0.25) is 18.0 Å². The normalized spacial score (nSPS) is 20.2. The molecule has 290 valence electrons. The first-order valence-electron chi connectivity index (χ1n) is 19.4. The van der Waals surface area contributed by atoms with Crippen LogP contribution in [0.3, 0.4) is 0 Å². The van der Waals surface area contributed by atoms with Crippen LogP contribution in [0.15, 0.2) is 97.1 Å². The summed E-state index contributed by atoms with van der Waals surface area (Å²) in [6.07, 6.45) is 2.39. The van der Waals surface area contributed by atoms with E-state index in [9.17, 15) is 24.3 Å². The van der Waals surface area contributed by atoms with Crippen LogP contribution in [0.25, 0.3) is 11.1 Å². The predicted molar refractivity (Wildman–Crippen MR) is 216 cm³/mol. The number of carbonyl (C=O) groups is 4. The fourth-order valence-corrected chi connectivity index (χ4v) is 7.91. The van der Waals surface area contributed by atoms with Crippen molar-refractivity contribution in [2.24, 2.45) is 5.92 Å². The molecule has 0 aliphatic carbocycles. The van der Waals surface area contributed by atoms with Crippen molar-refractivity contribution in [1.82, 2.24) is 25.1 Å². The van der Waals surface area contributed by atoms with Crippen LogP contribution < -0.4 is 20.0 Å². The molecular weight excluding hydrogens is 723 g/mol. The number of imide groups is 2. The van der Waals surface area contributed by atoms with Gasteiger partial charge in [-0.25, -0.2) is 0 Å². The van der Waals surface area contributed by atoms with E-state index < -0.39 is 29.7 Å². The molecule has 0 spiro atoms. The van der Waals surface area contributed by atoms with Crippen molar-refractivity contribution >= 4 is 46.7 Å². The van der Waals surface area contributed by atoms with Crippen molar-refractivity contribution in [3.63, 3.8) is 0 Å². The van der Waals surface area contributed by atoms with Gasteiger partial charge in [0.05, 0.1) is 23.3 Å². The Morgan fingerprint density at radius 2 is 1.58 bits per heavy atom. The minimum absolute atomic E-state index is 0.0708. The van der Waals surface area contributed by atoms with Crippen molar-refractivity contribution in [2.45, 2.75) is 38.5 Å². The molecule has 2 fully saturated rings. The van der Waals surface area contributed by atoms with Crippen molar-refractivity contribution in [3.05, 3.63) is 130 Å². The third-order valence-corrected chi connectivity index (χ3v) is 10.9. The quantitative estimate of drug-likeness (QED) is 0.104. The van der Waals surface area contributed by atoms with E-state index in [2.05, 4.69) is 63.5 Å². The number of likely N-dealkylation sites (tertiary alicyclic amines) is 1. The molecule has 0 radical (unpaired) electrons. The lowest BCUT2D eigenvalue weighted by molar-refractivity contribution is -0.136. The molecule has 0 bridgehead atoms. The Balaban J connectivity index is 0.803. The third kappa shape index (κ3) is 8.07. The molecule has 12 heteroatoms. The van der Waals surface area contributed by atoms with E-state index in [-0.39, 0.29) is 35.9 Å². The first kappa shape index (κ1) is 37.7. The van der Waals surface area contributed by atoms with Crippen LogP contribution in [-0.4, -0.2) is 102 Å². The van der Waals surface area contributed by atoms with Gasteiger partial charge in [0.25, 0.3) is 11.8 Å². The van der Waals surface area contributed by atoms with Crippen LogP contribution in [0.5, 0.6) is 11.5 Å². The van der Waals surface area contributed by atoms with Crippen LogP contribution in [0.1, 0.15) is 69.2 Å². The van der Waals surface area contributed by atoms with E-state index in [0.29, 0.717) is 37.0 Å². The van der Waals surface area contributed by atoms with E-state index >= 15 is 0 Å². The van der Waals surface area contributed by atoms with Gasteiger partial charge >= 0.3 is 11.9 Å². The maximum Gasteiger partial charge on any atom is 0.324 e. The van der Waals surface area contributed by atoms with E-state index in [4.69, 9.17) is 9.47 Å². The molecule has 0 aromatic heterocycles. The Hall–Kier alpha value is -6.17. The zero-order chi connectivity index (χ0) is 39.5. The summed E-state index contributed by atoms with van der Waals surface area (Å²) in [5.74, 6) is -0.668. The molecule has 4 heterocycles. The minimum atomic E-state index is -1.01. The number of phenols is 1. The van der Waals surface area contributed by atoms with E-state index in [1.165, 1.54) is 11.1 Å². The van der Waals surface area contributed by atoms with Gasteiger partial charge in [-0.1, -0.05) is 66.2 Å². The summed E-state index contributed by atoms with van der Waals surface area (Å²) in [6.45, 7) is 6.39. The lowest BCUT2D eigenvalue weighted by Gasteiger charge is -2.39. The Morgan fingerprint density at radius 1 is 0.860 bits per heavy atom. The Kier molecular flexibility index (Phi) is 10.9. The highest BCUT2D eigenvalue weighted by atomic mass is 16.5. The molecule has 4 aliphatic heterocycles. The summed E-state index contributed by atoms with van der Waals surface area (Å²) < 4.78 is 16.8. The second-order valence-electron chi connectivity index (χ2n) is 14.7. The summed E-state index contributed by atoms with van der Waals surface area (Å²) in [5, 5.41) is 15.5. The molecule has 2 saturated heterocycles. The minimum Gasteiger partial charge on any atom is -0.508 e. The summed E-state index contributed by atoms with van der Waals surface area (Å²) >= 11 is 0. The van der Waals surface area contributed by atoms with Crippen molar-refractivity contribution in [1.29, 1.82) is 0 Å². The first-order valence-corrected chi connectivity index (χ1v) is 19.4. The fraction of sp³-hybridized carbons (Fsp3) is 0.289. The summed E-state index contributed by atoms with van der Waals surface area (Å²) in [4.78, 5) is 53.6. The number of hydrogen-bond donors (Lipinski definition) is 3. The highest BCUT2D eigenvalue weighted by molar-refractivity contribution is 6.24. The van der Waals surface area contributed by atoms with Gasteiger partial charge in [-0.15, -0.1) is 0 Å². The van der Waals surface area contributed by atoms with Gasteiger partial charge in [0.1, 0.15) is 30.7 Å². The highest BCUT2D eigenvalue weighted by Gasteiger charge is 2.45. The molecule has 4 amide bonds. The average molecular weight is 767 g/mol. The topological polar surface area (TPSA) is 152 Å². The standard InChI is InChI=1S/C45H43N5O7/c1-2-35(29-6-4-3-5-7-29)42(30-8-13-33(51)14-9-30)31-10-15-34(16-11-31)56-21-20-49-25-28(26-49)27-57-41-24-46-38(23-47-41)32-12-17-36-37(22-32)45(55)50(44(36)54)39-18-19-40(52)48-43(39)53/h3-17,22,24,28,39,41,47H,2,18-21,23,25-27H2,1H3,(H-,48,51,52,53)/p+1/b42-35-. The number of hydrogen-bond acceptors (Lipinski definition) is 9. The second-order valence-corrected chi connectivity index (χ2v) is 14.7. The fourth-order valence-electron chi connectivity index (χ4n) is 7.91. The van der Waals surface area contributed by atoms with Gasteiger partial charge in [-0.05, 0) is 83.1 Å². The van der Waals surface area contributed by atoms with Gasteiger partial charge in [0, 0.05) is 32.0 Å². The van der Waals surface area contributed by atoms with Gasteiger partial charge < -0.3 is 14.6 Å². The summed E-state index contributed by atoms with van der Waals surface area (Å²) in [7, 11) is 0. The van der Waals surface area contributed by atoms with Crippen LogP contribution in [-0.2, 0) is 14.3 Å². The van der Waals surface area contributed by atoms with E-state index in [1.807, 2.05) is 30.3 Å². The summed E-state index contributed by atoms with van der Waals surface area (Å²) in [5.41, 5.74) is 7.52. The smallest absolute Gasteiger partial charge is 0.324 e. The number of aromatic hydroxyl groups is 1. The number of piperidine rings is 1. The van der Waals surface area contributed by atoms with E-state index in [1.54, 1.807) is 36.5 Å². The monoisotopic (exact) mass is 766 g/mol. The zero-order valence-corrected chi connectivity index (χ0v) is 31.6. The zero-order valence-electron chi connectivity index (χ0n) is 31.6. The number of amides is 4. The highest BCUT2D eigenvalue weighted by Crippen LogP contribution is 2.36. The number of phenolic OH excluding ortho intramolecular Hbond substituents is 1. The van der Waals surface area contributed by atoms with Crippen LogP contribution in [0.2, 0.25) is 0 Å². The maximum atomic E-state index is 13.2. The molecule has 4 aliphatic rings. The predicted octanol–water partition coefficient (Wildman–Crippen LogP) is 4.05. The van der Waals surface area contributed by atoms with Crippen LogP contribution >= 0.6 is 0 Å². The molecule has 4 aromatic carbocycles. The van der Waals surface area contributed by atoms with Crippen molar-refractivity contribution in [3.8, 4) is 11.5 Å². The Bertz CT molecular complexity index is 2290. The Labute approximate surface area is 330 Å². The number of benzene rings is 4. The largest absolute Gasteiger partial charge is 0.508 e. The molecule has 3 N–H and O–H groups in total. The number of fused-ring (bicyclic) bond motifs is 1. The average Bonchev–Trinajstić information content (AvgIpc) is 3.46. The molecule has 2 unspecified atom stereocenters.